The van der Waals surface area contributed by atoms with Crippen molar-refractivity contribution in [2.45, 2.75) is 51.7 Å². The van der Waals surface area contributed by atoms with Gasteiger partial charge in [0.05, 0.1) is 6.10 Å². The largest absolute Gasteiger partial charge is 0.376 e. The SMILES string of the molecule is Cc1nnc(CN=C(NCC2CCCO2)NCC(C)(C)c2ccccc2)n1C. The highest BCUT2D eigenvalue weighted by Gasteiger charge is 2.21. The smallest absolute Gasteiger partial charge is 0.191 e. The van der Waals surface area contributed by atoms with Crippen LogP contribution < -0.4 is 10.6 Å². The van der Waals surface area contributed by atoms with Crippen LogP contribution in [0.25, 0.3) is 0 Å². The van der Waals surface area contributed by atoms with Crippen molar-refractivity contribution in [3.8, 4) is 0 Å². The molecule has 0 spiro atoms. The van der Waals surface area contributed by atoms with Gasteiger partial charge in [0.15, 0.2) is 11.8 Å². The Morgan fingerprint density at radius 1 is 1.25 bits per heavy atom. The van der Waals surface area contributed by atoms with Gasteiger partial charge in [-0.1, -0.05) is 44.2 Å². The monoisotopic (exact) mass is 384 g/mol. The van der Waals surface area contributed by atoms with E-state index in [1.54, 1.807) is 0 Å². The Balaban J connectivity index is 1.66. The number of ether oxygens (including phenoxy) is 1. The standard InChI is InChI=1S/C21H32N6O/c1-16-25-26-19(27(16)4)14-23-20(22-13-18-11-8-12-28-18)24-15-21(2,3)17-9-6-5-7-10-17/h5-7,9-10,18H,8,11-15H2,1-4H3,(H2,22,23,24). The van der Waals surface area contributed by atoms with Gasteiger partial charge < -0.3 is 19.9 Å². The van der Waals surface area contributed by atoms with Gasteiger partial charge >= 0.3 is 0 Å². The first-order valence-electron chi connectivity index (χ1n) is 10.00. The molecule has 2 aromatic rings. The molecule has 1 aliphatic rings. The van der Waals surface area contributed by atoms with Crippen molar-refractivity contribution in [2.75, 3.05) is 19.7 Å². The Hall–Kier alpha value is -2.41. The van der Waals surface area contributed by atoms with E-state index in [1.165, 1.54) is 5.56 Å². The number of aromatic nitrogens is 3. The lowest BCUT2D eigenvalue weighted by Gasteiger charge is -2.27. The van der Waals surface area contributed by atoms with E-state index in [2.05, 4.69) is 58.9 Å². The fourth-order valence-corrected chi connectivity index (χ4v) is 3.22. The zero-order chi connectivity index (χ0) is 20.0. The second-order valence-corrected chi connectivity index (χ2v) is 8.01. The molecule has 0 aliphatic carbocycles. The number of hydrogen-bond acceptors (Lipinski definition) is 4. The predicted octanol–water partition coefficient (Wildman–Crippen LogP) is 2.32. The van der Waals surface area contributed by atoms with Crippen LogP contribution >= 0.6 is 0 Å². The molecule has 2 heterocycles. The molecule has 1 unspecified atom stereocenters. The minimum atomic E-state index is -0.0189. The number of rotatable bonds is 7. The third-order valence-electron chi connectivity index (χ3n) is 5.34. The summed E-state index contributed by atoms with van der Waals surface area (Å²) < 4.78 is 7.70. The average Bonchev–Trinajstić information content (AvgIpc) is 3.33. The summed E-state index contributed by atoms with van der Waals surface area (Å²) in [4.78, 5) is 4.74. The maximum Gasteiger partial charge on any atom is 0.191 e. The Morgan fingerprint density at radius 2 is 2.04 bits per heavy atom. The molecule has 28 heavy (non-hydrogen) atoms. The molecule has 1 atom stereocenters. The zero-order valence-corrected chi connectivity index (χ0v) is 17.4. The third-order valence-corrected chi connectivity index (χ3v) is 5.34. The van der Waals surface area contributed by atoms with Gasteiger partial charge in [0.1, 0.15) is 12.4 Å². The van der Waals surface area contributed by atoms with E-state index in [0.717, 1.165) is 50.1 Å². The van der Waals surface area contributed by atoms with Crippen molar-refractivity contribution >= 4 is 5.96 Å². The molecule has 1 saturated heterocycles. The van der Waals surface area contributed by atoms with Gasteiger partial charge in [-0.2, -0.15) is 0 Å². The second-order valence-electron chi connectivity index (χ2n) is 8.01. The maximum absolute atomic E-state index is 5.73. The molecule has 0 amide bonds. The summed E-state index contributed by atoms with van der Waals surface area (Å²) in [5.74, 6) is 2.51. The molecule has 2 N–H and O–H groups in total. The van der Waals surface area contributed by atoms with Crippen molar-refractivity contribution in [3.63, 3.8) is 0 Å². The summed E-state index contributed by atoms with van der Waals surface area (Å²) >= 11 is 0. The van der Waals surface area contributed by atoms with Gasteiger partial charge in [-0.15, -0.1) is 10.2 Å². The third kappa shape index (κ3) is 5.32. The van der Waals surface area contributed by atoms with Crippen molar-refractivity contribution in [1.82, 2.24) is 25.4 Å². The van der Waals surface area contributed by atoms with Gasteiger partial charge in [0, 0.05) is 32.2 Å². The molecule has 7 nitrogen and oxygen atoms in total. The number of aryl methyl sites for hydroxylation is 1. The number of nitrogens with zero attached hydrogens (tertiary/aromatic N) is 4. The molecular weight excluding hydrogens is 352 g/mol. The fourth-order valence-electron chi connectivity index (χ4n) is 3.22. The van der Waals surface area contributed by atoms with Crippen LogP contribution in [-0.4, -0.2) is 46.5 Å². The van der Waals surface area contributed by atoms with Gasteiger partial charge in [0.2, 0.25) is 0 Å². The topological polar surface area (TPSA) is 76.4 Å². The summed E-state index contributed by atoms with van der Waals surface area (Å²) in [6.45, 7) is 9.27. The Morgan fingerprint density at radius 3 is 2.68 bits per heavy atom. The van der Waals surface area contributed by atoms with Crippen molar-refractivity contribution in [2.24, 2.45) is 12.0 Å². The Bertz CT molecular complexity index is 777. The van der Waals surface area contributed by atoms with Crippen LogP contribution in [0.1, 0.15) is 43.9 Å². The van der Waals surface area contributed by atoms with E-state index in [-0.39, 0.29) is 11.5 Å². The first kappa shape index (κ1) is 20.3. The fraction of sp³-hybridized carbons (Fsp3) is 0.571. The number of aliphatic imine (C=N–C) groups is 1. The summed E-state index contributed by atoms with van der Waals surface area (Å²) in [5, 5.41) is 15.3. The number of hydrogen-bond donors (Lipinski definition) is 2. The normalized spacial score (nSPS) is 17.7. The molecule has 1 aromatic heterocycles. The minimum absolute atomic E-state index is 0.0189. The molecular formula is C21H32N6O. The van der Waals surface area contributed by atoms with E-state index < -0.39 is 0 Å². The summed E-state index contributed by atoms with van der Waals surface area (Å²) in [6, 6.07) is 10.5. The van der Waals surface area contributed by atoms with Crippen LogP contribution in [0.15, 0.2) is 35.3 Å². The first-order chi connectivity index (χ1) is 13.5. The first-order valence-corrected chi connectivity index (χ1v) is 10.00. The average molecular weight is 385 g/mol. The predicted molar refractivity (Wildman–Crippen MR) is 111 cm³/mol. The van der Waals surface area contributed by atoms with E-state index in [4.69, 9.17) is 9.73 Å². The van der Waals surface area contributed by atoms with Crippen LogP contribution in [0.3, 0.4) is 0 Å². The van der Waals surface area contributed by atoms with Crippen LogP contribution in [-0.2, 0) is 23.7 Å². The molecule has 1 fully saturated rings. The van der Waals surface area contributed by atoms with Gasteiger partial charge in [-0.3, -0.25) is 0 Å². The van der Waals surface area contributed by atoms with Crippen molar-refractivity contribution < 1.29 is 4.74 Å². The number of nitrogens with one attached hydrogen (secondary N) is 2. The Kier molecular flexibility index (Phi) is 6.67. The molecule has 7 heteroatoms. The van der Waals surface area contributed by atoms with E-state index in [0.29, 0.717) is 6.54 Å². The van der Waals surface area contributed by atoms with Gasteiger partial charge in [-0.25, -0.2) is 4.99 Å². The van der Waals surface area contributed by atoms with Crippen LogP contribution in [0, 0.1) is 6.92 Å². The lowest BCUT2D eigenvalue weighted by Crippen LogP contribution is -2.45. The molecule has 0 bridgehead atoms. The highest BCUT2D eigenvalue weighted by atomic mass is 16.5. The lowest BCUT2D eigenvalue weighted by molar-refractivity contribution is 0.113. The highest BCUT2D eigenvalue weighted by Crippen LogP contribution is 2.21. The molecule has 3 rings (SSSR count). The molecule has 0 radical (unpaired) electrons. The maximum atomic E-state index is 5.73. The molecule has 0 saturated carbocycles. The van der Waals surface area contributed by atoms with Crippen molar-refractivity contribution in [3.05, 3.63) is 47.5 Å². The van der Waals surface area contributed by atoms with E-state index in [9.17, 15) is 0 Å². The van der Waals surface area contributed by atoms with Crippen LogP contribution in [0.4, 0.5) is 0 Å². The highest BCUT2D eigenvalue weighted by molar-refractivity contribution is 5.79. The van der Waals surface area contributed by atoms with Gasteiger partial charge in [0.25, 0.3) is 0 Å². The lowest BCUT2D eigenvalue weighted by atomic mass is 9.85. The summed E-state index contributed by atoms with van der Waals surface area (Å²) in [7, 11) is 1.96. The zero-order valence-electron chi connectivity index (χ0n) is 17.4. The Labute approximate surface area is 167 Å². The van der Waals surface area contributed by atoms with Crippen molar-refractivity contribution in [1.29, 1.82) is 0 Å². The number of guanidine groups is 1. The van der Waals surface area contributed by atoms with Crippen LogP contribution in [0.2, 0.25) is 0 Å². The molecule has 1 aliphatic heterocycles. The quantitative estimate of drug-likeness (QED) is 0.566. The number of benzene rings is 1. The molecule has 152 valence electrons. The second kappa shape index (κ2) is 9.19. The van der Waals surface area contributed by atoms with Crippen LogP contribution in [0.5, 0.6) is 0 Å². The minimum Gasteiger partial charge on any atom is -0.376 e. The van der Waals surface area contributed by atoms with Gasteiger partial charge in [-0.05, 0) is 25.3 Å². The van der Waals surface area contributed by atoms with E-state index >= 15 is 0 Å². The summed E-state index contributed by atoms with van der Waals surface area (Å²) in [5.41, 5.74) is 1.28. The van der Waals surface area contributed by atoms with E-state index in [1.807, 2.05) is 24.6 Å². The molecule has 1 aromatic carbocycles. The summed E-state index contributed by atoms with van der Waals surface area (Å²) in [6.07, 6.45) is 2.48.